The predicted molar refractivity (Wildman–Crippen MR) is 250 cm³/mol. The molecule has 0 rings (SSSR count). The van der Waals surface area contributed by atoms with Crippen molar-refractivity contribution >= 4 is 35.8 Å². The van der Waals surface area contributed by atoms with Crippen LogP contribution in [0.1, 0.15) is 20.8 Å². The molecule has 378 valence electrons. The van der Waals surface area contributed by atoms with E-state index >= 15 is 0 Å². The minimum Gasteiger partial charge on any atom is -0.499 e. The molecule has 0 aliphatic rings. The second-order valence-electron chi connectivity index (χ2n) is 10.7. The molecule has 0 N–H and O–H groups in total. The second kappa shape index (κ2) is 60.5. The van der Waals surface area contributed by atoms with Gasteiger partial charge in [-0.3, -0.25) is 0 Å². The predicted octanol–water partition coefficient (Wildman–Crippen LogP) is 6.37. The maximum absolute atomic E-state index is 10.9. The molecule has 0 atom stereocenters. The first-order valence-corrected chi connectivity index (χ1v) is 19.3. The van der Waals surface area contributed by atoms with Gasteiger partial charge in [-0.25, -0.2) is 28.8 Å². The molecule has 0 amide bonds. The van der Waals surface area contributed by atoms with Crippen LogP contribution in [-0.4, -0.2) is 129 Å². The van der Waals surface area contributed by atoms with E-state index in [0.29, 0.717) is 69.6 Å². The molecular formula is C47H70O20. The summed E-state index contributed by atoms with van der Waals surface area (Å²) in [5, 5.41) is 0. The SMILES string of the molecule is C=COCCOC(=O)C(=C)C.C=COCCOC(=O)C=C.C=COCCOCCOC(=O)C(=C)C.C=COCCOCCOC(=O)C=C.C=COCOC(=O)C(=C)C.C=COCOC(=O)C=C. The molecule has 0 bridgehead atoms. The van der Waals surface area contributed by atoms with E-state index in [1.54, 1.807) is 20.8 Å². The molecule has 0 radical (unpaired) electrons. The Kier molecular flexibility index (Phi) is 64.2. The molecule has 0 spiro atoms. The fraction of sp³-hybridized carbons (Fsp3) is 0.362. The Morgan fingerprint density at radius 1 is 0.313 bits per heavy atom. The van der Waals surface area contributed by atoms with E-state index in [1.165, 1.54) is 37.6 Å². The van der Waals surface area contributed by atoms with Crippen molar-refractivity contribution in [3.8, 4) is 0 Å². The highest BCUT2D eigenvalue weighted by Gasteiger charge is 2.03. The van der Waals surface area contributed by atoms with Gasteiger partial charge >= 0.3 is 35.8 Å². The van der Waals surface area contributed by atoms with Gasteiger partial charge in [0, 0.05) is 34.9 Å². The van der Waals surface area contributed by atoms with Crippen molar-refractivity contribution in [1.82, 2.24) is 0 Å². The first kappa shape index (κ1) is 71.1. The number of carbonyl (C=O) groups is 6. The summed E-state index contributed by atoms with van der Waals surface area (Å²) in [4.78, 5) is 63.2. The normalized spacial score (nSPS) is 8.46. The van der Waals surface area contributed by atoms with Crippen LogP contribution in [0.5, 0.6) is 0 Å². The summed E-state index contributed by atoms with van der Waals surface area (Å²) in [7, 11) is 0. The highest BCUT2D eigenvalue weighted by molar-refractivity contribution is 5.87. The van der Waals surface area contributed by atoms with E-state index in [0.717, 1.165) is 18.2 Å². The third-order valence-corrected chi connectivity index (χ3v) is 5.28. The van der Waals surface area contributed by atoms with Gasteiger partial charge in [-0.1, -0.05) is 78.9 Å². The lowest BCUT2D eigenvalue weighted by Gasteiger charge is -2.05. The molecule has 0 aromatic rings. The number of carbonyl (C=O) groups excluding carboxylic acids is 6. The van der Waals surface area contributed by atoms with Crippen molar-refractivity contribution in [2.24, 2.45) is 0 Å². The zero-order valence-corrected chi connectivity index (χ0v) is 39.2. The molecular weight excluding hydrogens is 884 g/mol. The van der Waals surface area contributed by atoms with Gasteiger partial charge in [-0.2, -0.15) is 0 Å². The van der Waals surface area contributed by atoms with Crippen molar-refractivity contribution in [3.63, 3.8) is 0 Å². The Labute approximate surface area is 395 Å². The summed E-state index contributed by atoms with van der Waals surface area (Å²) in [5.41, 5.74) is 1.14. The molecule has 0 aromatic carbocycles. The van der Waals surface area contributed by atoms with Gasteiger partial charge in [-0.05, 0) is 20.8 Å². The average Bonchev–Trinajstić information content (AvgIpc) is 3.31. The van der Waals surface area contributed by atoms with Crippen LogP contribution in [0.4, 0.5) is 0 Å². The zero-order valence-electron chi connectivity index (χ0n) is 39.2. The lowest BCUT2D eigenvalue weighted by atomic mass is 10.4. The summed E-state index contributed by atoms with van der Waals surface area (Å²) in [6.45, 7) is 48.5. The smallest absolute Gasteiger partial charge is 0.335 e. The Morgan fingerprint density at radius 3 is 0.866 bits per heavy atom. The van der Waals surface area contributed by atoms with Crippen molar-refractivity contribution in [1.29, 1.82) is 0 Å². The first-order valence-electron chi connectivity index (χ1n) is 19.3. The fourth-order valence-corrected chi connectivity index (χ4v) is 2.34. The van der Waals surface area contributed by atoms with Crippen LogP contribution in [0, 0.1) is 0 Å². The van der Waals surface area contributed by atoms with Crippen LogP contribution in [0.3, 0.4) is 0 Å². The molecule has 0 saturated carbocycles. The van der Waals surface area contributed by atoms with Gasteiger partial charge in [0.25, 0.3) is 0 Å². The van der Waals surface area contributed by atoms with Crippen molar-refractivity contribution < 1.29 is 95.1 Å². The van der Waals surface area contributed by atoms with Gasteiger partial charge in [-0.15, -0.1) is 0 Å². The summed E-state index contributed by atoms with van der Waals surface area (Å²) in [6, 6.07) is 0. The lowest BCUT2D eigenvalue weighted by Crippen LogP contribution is -2.12. The van der Waals surface area contributed by atoms with E-state index < -0.39 is 35.8 Å². The third-order valence-electron chi connectivity index (χ3n) is 5.28. The standard InChI is InChI=1S/C10H16O4.C9H14O4.C8H12O3.2C7H10O3.C6H8O3/c1-4-12-5-6-13-7-8-14-10(11)9(2)3;1-3-9(10)13-8-7-12-6-5-11-4-2;1-4-10-5-6-11-8(9)7(2)3;1-4-9-5-10-7(8)6(2)3;1-3-7(8)10-6-5-9-4-2;1-3-6(7)9-5-8-4-2/h4H,1-2,5-8H2,3H3;3-4H,1-2,5-8H2;4H,1-2,5-6H2,3H3;4H,1-2,5H2,3H3;3-4H,1-2,5-6H2;3-4H,1-2,5H2. The Bertz CT molecular complexity index is 1480. The summed E-state index contributed by atoms with van der Waals surface area (Å²) >= 11 is 0. The maximum Gasteiger partial charge on any atom is 0.335 e. The highest BCUT2D eigenvalue weighted by Crippen LogP contribution is 1.93. The largest absolute Gasteiger partial charge is 0.499 e. The lowest BCUT2D eigenvalue weighted by molar-refractivity contribution is -0.148. The molecule has 0 aliphatic carbocycles. The average molecular weight is 955 g/mol. The molecule has 67 heavy (non-hydrogen) atoms. The van der Waals surface area contributed by atoms with E-state index in [-0.39, 0.29) is 40.0 Å². The van der Waals surface area contributed by atoms with Gasteiger partial charge in [0.15, 0.2) is 0 Å². The third kappa shape index (κ3) is 73.2. The molecule has 20 heteroatoms. The van der Waals surface area contributed by atoms with Crippen LogP contribution < -0.4 is 0 Å². The topological polar surface area (TPSA) is 232 Å². The van der Waals surface area contributed by atoms with E-state index in [1.807, 2.05) is 0 Å². The van der Waals surface area contributed by atoms with Crippen molar-refractivity contribution in [3.05, 3.63) is 151 Å². The maximum atomic E-state index is 10.9. The molecule has 20 nitrogen and oxygen atoms in total. The Balaban J connectivity index is -0.000000168. The van der Waals surface area contributed by atoms with Crippen molar-refractivity contribution in [2.45, 2.75) is 20.8 Å². The molecule has 0 unspecified atom stereocenters. The van der Waals surface area contributed by atoms with Crippen LogP contribution in [-0.2, 0) is 95.1 Å². The van der Waals surface area contributed by atoms with Gasteiger partial charge in [0.05, 0.1) is 64.0 Å². The van der Waals surface area contributed by atoms with E-state index in [2.05, 4.69) is 112 Å². The summed E-state index contributed by atoms with van der Waals surface area (Å²) < 4.78 is 65.8. The summed E-state index contributed by atoms with van der Waals surface area (Å²) in [5.74, 6) is -2.62. The van der Waals surface area contributed by atoms with Crippen LogP contribution in [0.25, 0.3) is 0 Å². The van der Waals surface area contributed by atoms with Crippen molar-refractivity contribution in [2.75, 3.05) is 92.9 Å². The minimum atomic E-state index is -0.503. The molecule has 0 heterocycles. The van der Waals surface area contributed by atoms with E-state index in [9.17, 15) is 28.8 Å². The van der Waals surface area contributed by atoms with Crippen LogP contribution in [0.2, 0.25) is 0 Å². The fourth-order valence-electron chi connectivity index (χ4n) is 2.34. The molecule has 0 aromatic heterocycles. The van der Waals surface area contributed by atoms with Crippen LogP contribution in [0.15, 0.2) is 151 Å². The molecule has 0 fully saturated rings. The van der Waals surface area contributed by atoms with Gasteiger partial charge in [0.2, 0.25) is 13.6 Å². The second-order valence-corrected chi connectivity index (χ2v) is 10.7. The number of rotatable bonds is 34. The Morgan fingerprint density at radius 2 is 0.552 bits per heavy atom. The first-order chi connectivity index (χ1) is 32.0. The quantitative estimate of drug-likeness (QED) is 0.0170. The number of hydrogen-bond donors (Lipinski definition) is 0. The highest BCUT2D eigenvalue weighted by atomic mass is 16.7. The number of esters is 6. The van der Waals surface area contributed by atoms with E-state index in [4.69, 9.17) is 33.2 Å². The number of ether oxygens (including phenoxy) is 14. The number of hydrogen-bond acceptors (Lipinski definition) is 20. The van der Waals surface area contributed by atoms with Gasteiger partial charge in [0.1, 0.15) is 52.9 Å². The van der Waals surface area contributed by atoms with Gasteiger partial charge < -0.3 is 66.3 Å². The molecule has 0 aliphatic heterocycles. The zero-order chi connectivity index (χ0) is 52.4. The monoisotopic (exact) mass is 954 g/mol. The summed E-state index contributed by atoms with van der Waals surface area (Å²) in [6.07, 6.45) is 11.0. The molecule has 0 saturated heterocycles. The minimum absolute atomic E-state index is 0.102. The Hall–Kier alpha value is -7.58. The van der Waals surface area contributed by atoms with Crippen LogP contribution >= 0.6 is 0 Å².